The van der Waals surface area contributed by atoms with Gasteiger partial charge >= 0.3 is 0 Å². The van der Waals surface area contributed by atoms with Gasteiger partial charge in [0.25, 0.3) is 0 Å². The number of hydrogen-bond acceptors (Lipinski definition) is 9. The molecule has 9 heteroatoms. The first kappa shape index (κ1) is 23.3. The number of aliphatic hydroxyl groups is 4. The minimum atomic E-state index is -1.33. The Morgan fingerprint density at radius 2 is 1.89 bits per heavy atom. The van der Waals surface area contributed by atoms with E-state index in [2.05, 4.69) is 24.1 Å². The van der Waals surface area contributed by atoms with Crippen molar-refractivity contribution in [3.05, 3.63) is 0 Å². The summed E-state index contributed by atoms with van der Waals surface area (Å²) in [5.41, 5.74) is -0.684. The van der Waals surface area contributed by atoms with Crippen molar-refractivity contribution < 1.29 is 35.3 Å². The minimum absolute atomic E-state index is 0.0796. The van der Waals surface area contributed by atoms with Gasteiger partial charge in [0.1, 0.15) is 29.9 Å². The third kappa shape index (κ3) is 6.80. The number of rotatable bonds is 9. The van der Waals surface area contributed by atoms with Crippen molar-refractivity contribution >= 4 is 11.8 Å². The molecule has 1 aliphatic carbocycles. The van der Waals surface area contributed by atoms with E-state index < -0.39 is 36.5 Å². The molecule has 6 N–H and O–H groups in total. The van der Waals surface area contributed by atoms with Crippen molar-refractivity contribution in [2.24, 2.45) is 5.92 Å². The lowest BCUT2D eigenvalue weighted by molar-refractivity contribution is -0.247. The summed E-state index contributed by atoms with van der Waals surface area (Å²) in [7, 11) is 0. The first-order valence-corrected chi connectivity index (χ1v) is 10.8. The Morgan fingerprint density at radius 3 is 2.52 bits per heavy atom. The van der Waals surface area contributed by atoms with Gasteiger partial charge in [0.05, 0.1) is 13.2 Å². The van der Waals surface area contributed by atoms with E-state index in [0.29, 0.717) is 5.92 Å². The van der Waals surface area contributed by atoms with Crippen molar-refractivity contribution in [3.8, 4) is 0 Å². The van der Waals surface area contributed by atoms with Crippen molar-refractivity contribution in [1.29, 1.82) is 0 Å². The van der Waals surface area contributed by atoms with E-state index in [0.717, 1.165) is 32.1 Å². The molecule has 0 amide bonds. The van der Waals surface area contributed by atoms with Gasteiger partial charge in [-0.2, -0.15) is 0 Å². The van der Waals surface area contributed by atoms with Gasteiger partial charge in [-0.3, -0.25) is 5.26 Å². The second kappa shape index (κ2) is 11.3. The Balaban J connectivity index is 1.89. The topological polar surface area (TPSA) is 132 Å². The lowest BCUT2D eigenvalue weighted by Crippen LogP contribution is -2.58. The molecule has 0 aromatic carbocycles. The molecule has 0 aromatic rings. The molecule has 2 aliphatic rings. The smallest absolute Gasteiger partial charge is 0.132 e. The second-order valence-corrected chi connectivity index (χ2v) is 9.51. The molecule has 0 spiro atoms. The third-order valence-corrected chi connectivity index (χ3v) is 6.78. The molecule has 8 nitrogen and oxygen atoms in total. The van der Waals surface area contributed by atoms with Crippen LogP contribution in [0.3, 0.4) is 0 Å². The molecular weight excluding hydrogens is 374 g/mol. The van der Waals surface area contributed by atoms with Crippen LogP contribution in [0.15, 0.2) is 0 Å². The number of nitrogens with one attached hydrogen (secondary N) is 1. The van der Waals surface area contributed by atoms with Crippen LogP contribution < -0.4 is 5.32 Å². The van der Waals surface area contributed by atoms with Gasteiger partial charge in [-0.1, -0.05) is 20.3 Å². The van der Waals surface area contributed by atoms with E-state index >= 15 is 0 Å². The molecule has 27 heavy (non-hydrogen) atoms. The zero-order valence-electron chi connectivity index (χ0n) is 16.1. The van der Waals surface area contributed by atoms with Gasteiger partial charge in [0.15, 0.2) is 0 Å². The molecule has 8 atom stereocenters. The van der Waals surface area contributed by atoms with Gasteiger partial charge in [0.2, 0.25) is 0 Å². The highest BCUT2D eigenvalue weighted by Crippen LogP contribution is 2.37. The predicted octanol–water partition coefficient (Wildman–Crippen LogP) is 0.325. The van der Waals surface area contributed by atoms with Crippen LogP contribution in [-0.2, 0) is 9.62 Å². The average molecular weight is 410 g/mol. The van der Waals surface area contributed by atoms with Crippen molar-refractivity contribution in [3.63, 3.8) is 0 Å². The molecule has 0 aromatic heterocycles. The van der Waals surface area contributed by atoms with Crippen molar-refractivity contribution in [2.45, 2.75) is 93.1 Å². The maximum atomic E-state index is 10.2. The first-order valence-electron chi connectivity index (χ1n) is 9.84. The van der Waals surface area contributed by atoms with E-state index in [4.69, 9.17) is 9.99 Å². The molecule has 1 saturated heterocycles. The molecule has 0 bridgehead atoms. The van der Waals surface area contributed by atoms with Crippen LogP contribution in [0, 0.1) is 5.92 Å². The SMILES string of the molecule is CC(C)C[C@@H](COO)NC1CCCC(S[C@@H]2OC(CO)[C@H](O)C(O)C2O)C1. The fourth-order valence-corrected chi connectivity index (χ4v) is 5.52. The Morgan fingerprint density at radius 1 is 1.15 bits per heavy atom. The monoisotopic (exact) mass is 409 g/mol. The van der Waals surface area contributed by atoms with E-state index in [1.807, 2.05) is 0 Å². The van der Waals surface area contributed by atoms with Gasteiger partial charge in [-0.05, 0) is 31.6 Å². The largest absolute Gasteiger partial charge is 0.394 e. The van der Waals surface area contributed by atoms with Crippen LogP contribution in [0.4, 0.5) is 0 Å². The summed E-state index contributed by atoms with van der Waals surface area (Å²) >= 11 is 1.46. The molecule has 1 aliphatic heterocycles. The van der Waals surface area contributed by atoms with Gasteiger partial charge in [-0.25, -0.2) is 4.89 Å². The molecular formula is C18H35NO7S. The van der Waals surface area contributed by atoms with Gasteiger partial charge in [0, 0.05) is 17.3 Å². The summed E-state index contributed by atoms with van der Waals surface area (Å²) in [6.07, 6.45) is 0.103. The maximum Gasteiger partial charge on any atom is 0.132 e. The Labute approximate surface area is 165 Å². The number of aliphatic hydroxyl groups excluding tert-OH is 4. The molecule has 2 fully saturated rings. The summed E-state index contributed by atoms with van der Waals surface area (Å²) in [5.74, 6) is 0.487. The molecule has 0 radical (unpaired) electrons. The summed E-state index contributed by atoms with van der Waals surface area (Å²) in [6.45, 7) is 4.10. The Hall–Kier alpha value is 0.0300. The Bertz CT molecular complexity index is 429. The lowest BCUT2D eigenvalue weighted by Gasteiger charge is -2.42. The quantitative estimate of drug-likeness (QED) is 0.235. The van der Waals surface area contributed by atoms with E-state index in [1.165, 1.54) is 11.8 Å². The fraction of sp³-hybridized carbons (Fsp3) is 1.00. The Kier molecular flexibility index (Phi) is 9.73. The van der Waals surface area contributed by atoms with Crippen LogP contribution in [0.25, 0.3) is 0 Å². The number of hydrogen-bond donors (Lipinski definition) is 6. The second-order valence-electron chi connectivity index (χ2n) is 8.11. The summed E-state index contributed by atoms with van der Waals surface area (Å²) in [4.78, 5) is 4.36. The maximum absolute atomic E-state index is 10.2. The van der Waals surface area contributed by atoms with Crippen LogP contribution >= 0.6 is 11.8 Å². The number of thioether (sulfide) groups is 1. The fourth-order valence-electron chi connectivity index (χ4n) is 3.97. The summed E-state index contributed by atoms with van der Waals surface area (Å²) < 4.78 is 5.62. The molecule has 160 valence electrons. The van der Waals surface area contributed by atoms with Crippen LogP contribution in [0.5, 0.6) is 0 Å². The standard InChI is InChI=1S/C18H35NO7S/c1-10(2)6-12(9-25-24)19-11-4-3-5-13(7-11)27-18-17(23)16(22)15(21)14(8-20)26-18/h10-24H,3-9H2,1-2H3/t11?,12-,13?,14?,15-,16?,17?,18-/m0/s1. The molecule has 1 saturated carbocycles. The highest BCUT2D eigenvalue weighted by Gasteiger charge is 2.44. The van der Waals surface area contributed by atoms with E-state index in [1.54, 1.807) is 0 Å². The molecule has 5 unspecified atom stereocenters. The highest BCUT2D eigenvalue weighted by atomic mass is 32.2. The lowest BCUT2D eigenvalue weighted by atomic mass is 9.93. The van der Waals surface area contributed by atoms with Gasteiger partial charge in [-0.15, -0.1) is 11.8 Å². The average Bonchev–Trinajstić information content (AvgIpc) is 2.62. The highest BCUT2D eigenvalue weighted by molar-refractivity contribution is 8.00. The zero-order chi connectivity index (χ0) is 20.0. The van der Waals surface area contributed by atoms with Crippen molar-refractivity contribution in [2.75, 3.05) is 13.2 Å². The van der Waals surface area contributed by atoms with Crippen LogP contribution in [-0.4, -0.2) is 86.1 Å². The third-order valence-electron chi connectivity index (χ3n) is 5.30. The normalized spacial score (nSPS) is 38.9. The summed E-state index contributed by atoms with van der Waals surface area (Å²) in [5, 5.41) is 52.0. The van der Waals surface area contributed by atoms with Crippen LogP contribution in [0.2, 0.25) is 0 Å². The van der Waals surface area contributed by atoms with Gasteiger partial charge < -0.3 is 30.5 Å². The molecule has 2 rings (SSSR count). The zero-order valence-corrected chi connectivity index (χ0v) is 16.9. The van der Waals surface area contributed by atoms with Crippen molar-refractivity contribution in [1.82, 2.24) is 5.32 Å². The first-order chi connectivity index (χ1) is 12.8. The summed E-state index contributed by atoms with van der Waals surface area (Å²) in [6, 6.07) is 0.357. The van der Waals surface area contributed by atoms with Crippen LogP contribution in [0.1, 0.15) is 46.0 Å². The van der Waals surface area contributed by atoms with E-state index in [-0.39, 0.29) is 23.9 Å². The predicted molar refractivity (Wildman–Crippen MR) is 102 cm³/mol. The molecule has 1 heterocycles. The number of ether oxygens (including phenoxy) is 1. The van der Waals surface area contributed by atoms with E-state index in [9.17, 15) is 20.4 Å². The minimum Gasteiger partial charge on any atom is -0.394 e.